The highest BCUT2D eigenvalue weighted by atomic mass is 16.5. The predicted octanol–water partition coefficient (Wildman–Crippen LogP) is 1.21. The van der Waals surface area contributed by atoms with Crippen molar-refractivity contribution in [2.45, 2.75) is 12.5 Å². The maximum Gasteiger partial charge on any atom is 0.244 e. The Kier molecular flexibility index (Phi) is 3.38. The van der Waals surface area contributed by atoms with Crippen LogP contribution in [0, 0.1) is 11.3 Å². The minimum Gasteiger partial charge on any atom is -0.497 e. The molecule has 0 aliphatic carbocycles. The second-order valence-electron chi connectivity index (χ2n) is 4.27. The van der Waals surface area contributed by atoms with Crippen molar-refractivity contribution < 1.29 is 9.53 Å². The first-order chi connectivity index (χ1) is 8.65. The van der Waals surface area contributed by atoms with E-state index in [0.717, 1.165) is 13.0 Å². The van der Waals surface area contributed by atoms with Crippen molar-refractivity contribution in [3.8, 4) is 11.8 Å². The van der Waals surface area contributed by atoms with Gasteiger partial charge >= 0.3 is 0 Å². The van der Waals surface area contributed by atoms with Crippen molar-refractivity contribution in [3.63, 3.8) is 0 Å². The van der Waals surface area contributed by atoms with Gasteiger partial charge < -0.3 is 15.0 Å². The summed E-state index contributed by atoms with van der Waals surface area (Å²) in [6, 6.07) is 7.00. The summed E-state index contributed by atoms with van der Waals surface area (Å²) in [7, 11) is 3.35. The third-order valence-corrected chi connectivity index (χ3v) is 3.10. The Morgan fingerprint density at radius 2 is 2.33 bits per heavy atom. The van der Waals surface area contributed by atoms with Gasteiger partial charge in [-0.1, -0.05) is 0 Å². The van der Waals surface area contributed by atoms with Crippen LogP contribution < -0.4 is 10.1 Å². The zero-order valence-corrected chi connectivity index (χ0v) is 10.4. The topological polar surface area (TPSA) is 65.4 Å². The van der Waals surface area contributed by atoms with Gasteiger partial charge in [0.25, 0.3) is 0 Å². The summed E-state index contributed by atoms with van der Waals surface area (Å²) in [6.07, 6.45) is 0.747. The lowest BCUT2D eigenvalue weighted by Crippen LogP contribution is -2.31. The predicted molar refractivity (Wildman–Crippen MR) is 67.4 cm³/mol. The highest BCUT2D eigenvalue weighted by Gasteiger charge is 2.29. The van der Waals surface area contributed by atoms with Gasteiger partial charge in [0.05, 0.1) is 18.4 Å². The number of methoxy groups -OCH3 is 1. The van der Waals surface area contributed by atoms with E-state index in [1.807, 2.05) is 0 Å². The molecule has 1 aliphatic heterocycles. The van der Waals surface area contributed by atoms with Crippen molar-refractivity contribution in [1.82, 2.24) is 4.90 Å². The van der Waals surface area contributed by atoms with Gasteiger partial charge in [-0.25, -0.2) is 0 Å². The van der Waals surface area contributed by atoms with E-state index in [1.54, 1.807) is 37.3 Å². The first-order valence-corrected chi connectivity index (χ1v) is 5.75. The molecule has 94 valence electrons. The van der Waals surface area contributed by atoms with Gasteiger partial charge in [-0.2, -0.15) is 5.26 Å². The number of benzene rings is 1. The quantitative estimate of drug-likeness (QED) is 0.869. The fourth-order valence-electron chi connectivity index (χ4n) is 2.01. The van der Waals surface area contributed by atoms with Crippen LogP contribution >= 0.6 is 0 Å². The number of hydrogen-bond acceptors (Lipinski definition) is 4. The first kappa shape index (κ1) is 12.2. The van der Waals surface area contributed by atoms with Gasteiger partial charge in [-0.15, -0.1) is 0 Å². The molecule has 0 aromatic heterocycles. The van der Waals surface area contributed by atoms with Crippen molar-refractivity contribution in [2.24, 2.45) is 0 Å². The maximum absolute atomic E-state index is 11.8. The van der Waals surface area contributed by atoms with Crippen LogP contribution in [-0.2, 0) is 4.79 Å². The molecule has 1 saturated heterocycles. The molecule has 0 radical (unpaired) electrons. The summed E-state index contributed by atoms with van der Waals surface area (Å²) in [5.74, 6) is 0.719. The van der Waals surface area contributed by atoms with E-state index in [9.17, 15) is 4.79 Å². The van der Waals surface area contributed by atoms with Crippen LogP contribution in [0.25, 0.3) is 0 Å². The fraction of sp³-hybridized carbons (Fsp3) is 0.385. The van der Waals surface area contributed by atoms with Crippen LogP contribution in [0.3, 0.4) is 0 Å². The van der Waals surface area contributed by atoms with E-state index in [4.69, 9.17) is 10.00 Å². The molecule has 1 aromatic rings. The highest BCUT2D eigenvalue weighted by molar-refractivity contribution is 5.87. The second kappa shape index (κ2) is 4.96. The summed E-state index contributed by atoms with van der Waals surface area (Å²) < 4.78 is 5.12. The van der Waals surface area contributed by atoms with E-state index >= 15 is 0 Å². The average Bonchev–Trinajstić information content (AvgIpc) is 2.70. The number of nitrogens with one attached hydrogen (secondary N) is 1. The standard InChI is InChI=1S/C13H15N3O2/c1-16-6-5-11(13(16)17)15-12-7-10(18-2)4-3-9(12)8-14/h3-4,7,11,15H,5-6H2,1-2H3. The summed E-state index contributed by atoms with van der Waals surface area (Å²) >= 11 is 0. The van der Waals surface area contributed by atoms with Gasteiger partial charge in [0.2, 0.25) is 5.91 Å². The minimum atomic E-state index is -0.255. The van der Waals surface area contributed by atoms with Crippen molar-refractivity contribution in [2.75, 3.05) is 26.0 Å². The number of carbonyl (C=O) groups is 1. The van der Waals surface area contributed by atoms with Crippen molar-refractivity contribution in [1.29, 1.82) is 5.26 Å². The largest absolute Gasteiger partial charge is 0.497 e. The molecule has 1 unspecified atom stereocenters. The third-order valence-electron chi connectivity index (χ3n) is 3.10. The number of anilines is 1. The molecule has 1 fully saturated rings. The molecule has 18 heavy (non-hydrogen) atoms. The molecule has 5 nitrogen and oxygen atoms in total. The Morgan fingerprint density at radius 3 is 2.89 bits per heavy atom. The van der Waals surface area contributed by atoms with Gasteiger partial charge in [0.15, 0.2) is 0 Å². The summed E-state index contributed by atoms with van der Waals surface area (Å²) in [5, 5.41) is 12.2. The molecule has 1 aliphatic rings. The average molecular weight is 245 g/mol. The smallest absolute Gasteiger partial charge is 0.244 e. The Bertz CT molecular complexity index is 507. The molecular formula is C13H15N3O2. The molecule has 1 N–H and O–H groups in total. The number of hydrogen-bond donors (Lipinski definition) is 1. The third kappa shape index (κ3) is 2.23. The molecule has 0 spiro atoms. The maximum atomic E-state index is 11.8. The number of nitrogens with zero attached hydrogens (tertiary/aromatic N) is 2. The molecular weight excluding hydrogens is 230 g/mol. The molecule has 0 saturated carbocycles. The fourth-order valence-corrected chi connectivity index (χ4v) is 2.01. The van der Waals surface area contributed by atoms with Gasteiger partial charge in [0, 0.05) is 19.7 Å². The van der Waals surface area contributed by atoms with E-state index < -0.39 is 0 Å². The van der Waals surface area contributed by atoms with Crippen LogP contribution in [0.2, 0.25) is 0 Å². The van der Waals surface area contributed by atoms with E-state index in [-0.39, 0.29) is 11.9 Å². The van der Waals surface area contributed by atoms with Crippen LogP contribution in [0.5, 0.6) is 5.75 Å². The minimum absolute atomic E-state index is 0.0571. The number of likely N-dealkylation sites (tertiary alicyclic amines) is 1. The van der Waals surface area contributed by atoms with Crippen LogP contribution in [0.15, 0.2) is 18.2 Å². The Hall–Kier alpha value is -2.22. The molecule has 1 atom stereocenters. The highest BCUT2D eigenvalue weighted by Crippen LogP contribution is 2.24. The number of ether oxygens (including phenoxy) is 1. The lowest BCUT2D eigenvalue weighted by molar-refractivity contribution is -0.127. The number of rotatable bonds is 3. The summed E-state index contributed by atoms with van der Waals surface area (Å²) in [6.45, 7) is 0.738. The van der Waals surface area contributed by atoms with Crippen LogP contribution in [-0.4, -0.2) is 37.6 Å². The zero-order valence-electron chi connectivity index (χ0n) is 10.4. The molecule has 1 aromatic carbocycles. The van der Waals surface area contributed by atoms with E-state index in [2.05, 4.69) is 11.4 Å². The number of likely N-dealkylation sites (N-methyl/N-ethyl adjacent to an activating group) is 1. The van der Waals surface area contributed by atoms with Crippen LogP contribution in [0.4, 0.5) is 5.69 Å². The SMILES string of the molecule is COc1ccc(C#N)c(NC2CCN(C)C2=O)c1. The van der Waals surface area contributed by atoms with E-state index in [0.29, 0.717) is 17.0 Å². The number of carbonyl (C=O) groups excluding carboxylic acids is 1. The number of amides is 1. The molecule has 5 heteroatoms. The molecule has 0 bridgehead atoms. The lowest BCUT2D eigenvalue weighted by Gasteiger charge is -2.15. The van der Waals surface area contributed by atoms with Crippen molar-refractivity contribution >= 4 is 11.6 Å². The summed E-state index contributed by atoms with van der Waals surface area (Å²) in [5.41, 5.74) is 1.16. The second-order valence-corrected chi connectivity index (χ2v) is 4.27. The van der Waals surface area contributed by atoms with Crippen LogP contribution in [0.1, 0.15) is 12.0 Å². The van der Waals surface area contributed by atoms with Gasteiger partial charge in [0.1, 0.15) is 17.9 Å². The number of nitriles is 1. The van der Waals surface area contributed by atoms with Gasteiger partial charge in [-0.05, 0) is 18.6 Å². The van der Waals surface area contributed by atoms with Gasteiger partial charge in [-0.3, -0.25) is 4.79 Å². The zero-order chi connectivity index (χ0) is 13.1. The molecule has 1 amide bonds. The monoisotopic (exact) mass is 245 g/mol. The summed E-state index contributed by atoms with van der Waals surface area (Å²) in [4.78, 5) is 13.5. The Balaban J connectivity index is 2.23. The van der Waals surface area contributed by atoms with E-state index in [1.165, 1.54) is 0 Å². The first-order valence-electron chi connectivity index (χ1n) is 5.75. The Morgan fingerprint density at radius 1 is 1.56 bits per heavy atom. The molecule has 2 rings (SSSR count). The lowest BCUT2D eigenvalue weighted by atomic mass is 10.1. The normalized spacial score (nSPS) is 18.6. The molecule has 1 heterocycles. The van der Waals surface area contributed by atoms with Crippen molar-refractivity contribution in [3.05, 3.63) is 23.8 Å². The Labute approximate surface area is 106 Å².